The molecule has 0 aromatic carbocycles. The largest absolute Gasteiger partial charge is 0.457 e. The maximum Gasteiger partial charge on any atom is 0.337 e. The highest BCUT2D eigenvalue weighted by molar-refractivity contribution is 5.90. The van der Waals surface area contributed by atoms with Crippen molar-refractivity contribution >= 4 is 5.97 Å². The molecular weight excluding hydrogens is 209 g/mol. The summed E-state index contributed by atoms with van der Waals surface area (Å²) >= 11 is 0. The zero-order valence-corrected chi connectivity index (χ0v) is 9.07. The van der Waals surface area contributed by atoms with Gasteiger partial charge in [-0.1, -0.05) is 0 Å². The first-order chi connectivity index (χ1) is 6.85. The molecule has 15 heavy (non-hydrogen) atoms. The summed E-state index contributed by atoms with van der Waals surface area (Å²) in [6.45, 7) is 1.17. The number of ether oxygens (including phenoxy) is 1. The zero-order chi connectivity index (χ0) is 12.1. The van der Waals surface area contributed by atoms with E-state index >= 15 is 0 Å². The molecule has 2 nitrogen and oxygen atoms in total. The van der Waals surface area contributed by atoms with E-state index in [4.69, 9.17) is 4.74 Å². The van der Waals surface area contributed by atoms with Crippen LogP contribution in [0, 0.1) is 0 Å². The molecule has 0 aliphatic rings. The standard InChI is InChI=1S/C10H15F3O2/c1-10(2,3)15-9(14)8(6-13)7(4-11)5-12/h4-6H2,1-3H3. The summed E-state index contributed by atoms with van der Waals surface area (Å²) in [4.78, 5) is 11.3. The van der Waals surface area contributed by atoms with Gasteiger partial charge >= 0.3 is 5.97 Å². The SMILES string of the molecule is CC(C)(C)OC(=O)C(CF)=C(CF)CF. The third-order valence-electron chi connectivity index (χ3n) is 1.53. The molecular formula is C10H15F3O2. The number of halogens is 3. The van der Waals surface area contributed by atoms with Crippen molar-refractivity contribution in [2.75, 3.05) is 20.0 Å². The molecule has 0 saturated heterocycles. The van der Waals surface area contributed by atoms with Crippen molar-refractivity contribution in [1.29, 1.82) is 0 Å². The fraction of sp³-hybridized carbons (Fsp3) is 0.700. The molecule has 0 saturated carbocycles. The average Bonchev–Trinajstić information content (AvgIpc) is 2.10. The van der Waals surface area contributed by atoms with Crippen molar-refractivity contribution in [2.45, 2.75) is 26.4 Å². The summed E-state index contributed by atoms with van der Waals surface area (Å²) in [5.41, 5.74) is -1.86. The predicted molar refractivity (Wildman–Crippen MR) is 50.8 cm³/mol. The Hall–Kier alpha value is -1.00. The van der Waals surface area contributed by atoms with Crippen LogP contribution in [0.25, 0.3) is 0 Å². The Balaban J connectivity index is 4.83. The Morgan fingerprint density at radius 3 is 1.80 bits per heavy atom. The van der Waals surface area contributed by atoms with Crippen LogP contribution in [0.1, 0.15) is 20.8 Å². The lowest BCUT2D eigenvalue weighted by molar-refractivity contribution is -0.150. The molecule has 5 heteroatoms. The minimum Gasteiger partial charge on any atom is -0.457 e. The molecule has 0 radical (unpaired) electrons. The average molecular weight is 224 g/mol. The maximum atomic E-state index is 12.4. The first kappa shape index (κ1) is 14.0. The first-order valence-corrected chi connectivity index (χ1v) is 4.47. The number of allylic oxidation sites excluding steroid dienone is 1. The number of rotatable bonds is 4. The van der Waals surface area contributed by atoms with E-state index in [1.807, 2.05) is 0 Å². The summed E-state index contributed by atoms with van der Waals surface area (Å²) in [6.07, 6.45) is 0. The molecule has 0 aliphatic carbocycles. The highest BCUT2D eigenvalue weighted by Crippen LogP contribution is 2.15. The second kappa shape index (κ2) is 5.78. The molecule has 0 aromatic heterocycles. The molecule has 0 spiro atoms. The second-order valence-corrected chi connectivity index (χ2v) is 3.98. The first-order valence-electron chi connectivity index (χ1n) is 4.47. The van der Waals surface area contributed by atoms with Crippen molar-refractivity contribution in [2.24, 2.45) is 0 Å². The molecule has 0 fully saturated rings. The van der Waals surface area contributed by atoms with Gasteiger partial charge in [-0.25, -0.2) is 18.0 Å². The lowest BCUT2D eigenvalue weighted by Crippen LogP contribution is -2.26. The lowest BCUT2D eigenvalue weighted by Gasteiger charge is -2.20. The smallest absolute Gasteiger partial charge is 0.337 e. The van der Waals surface area contributed by atoms with Gasteiger partial charge in [0, 0.05) is 5.57 Å². The number of esters is 1. The second-order valence-electron chi connectivity index (χ2n) is 3.98. The summed E-state index contributed by atoms with van der Waals surface area (Å²) in [7, 11) is 0. The van der Waals surface area contributed by atoms with E-state index in [1.54, 1.807) is 20.8 Å². The van der Waals surface area contributed by atoms with E-state index < -0.39 is 42.7 Å². The molecule has 88 valence electrons. The predicted octanol–water partition coefficient (Wildman–Crippen LogP) is 2.53. The molecule has 0 N–H and O–H groups in total. The third-order valence-corrected chi connectivity index (χ3v) is 1.53. The number of carbonyl (C=O) groups is 1. The van der Waals surface area contributed by atoms with Gasteiger partial charge in [-0.2, -0.15) is 0 Å². The van der Waals surface area contributed by atoms with Gasteiger partial charge in [0.25, 0.3) is 0 Å². The molecule has 0 atom stereocenters. The van der Waals surface area contributed by atoms with Gasteiger partial charge in [-0.05, 0) is 20.8 Å². The van der Waals surface area contributed by atoms with E-state index in [-0.39, 0.29) is 0 Å². The molecule has 0 amide bonds. The number of alkyl halides is 3. The van der Waals surface area contributed by atoms with E-state index in [9.17, 15) is 18.0 Å². The van der Waals surface area contributed by atoms with Crippen molar-refractivity contribution in [3.05, 3.63) is 11.1 Å². The van der Waals surface area contributed by atoms with Crippen LogP contribution in [0.3, 0.4) is 0 Å². The third kappa shape index (κ3) is 4.85. The van der Waals surface area contributed by atoms with Crippen molar-refractivity contribution in [3.63, 3.8) is 0 Å². The van der Waals surface area contributed by atoms with Crippen LogP contribution in [0.15, 0.2) is 11.1 Å². The van der Waals surface area contributed by atoms with Crippen LogP contribution in [0.4, 0.5) is 13.2 Å². The summed E-state index contributed by atoms with van der Waals surface area (Å²) in [5, 5.41) is 0. The minimum atomic E-state index is -1.22. The Bertz CT molecular complexity index is 248. The Morgan fingerprint density at radius 1 is 1.07 bits per heavy atom. The molecule has 0 bridgehead atoms. The normalized spacial score (nSPS) is 11.1. The molecule has 0 heterocycles. The van der Waals surface area contributed by atoms with Crippen LogP contribution < -0.4 is 0 Å². The Labute approximate surface area is 87.1 Å². The van der Waals surface area contributed by atoms with Crippen molar-refractivity contribution in [3.8, 4) is 0 Å². The van der Waals surface area contributed by atoms with Crippen LogP contribution in [-0.4, -0.2) is 31.6 Å². The molecule has 0 aliphatic heterocycles. The van der Waals surface area contributed by atoms with Gasteiger partial charge in [-0.15, -0.1) is 0 Å². The summed E-state index contributed by atoms with van der Waals surface area (Å²) < 4.78 is 41.7. The monoisotopic (exact) mass is 224 g/mol. The van der Waals surface area contributed by atoms with E-state index in [0.29, 0.717) is 0 Å². The highest BCUT2D eigenvalue weighted by atomic mass is 19.1. The van der Waals surface area contributed by atoms with Gasteiger partial charge in [0.05, 0.1) is 5.57 Å². The van der Waals surface area contributed by atoms with Gasteiger partial charge in [0.2, 0.25) is 0 Å². The molecule has 0 unspecified atom stereocenters. The fourth-order valence-electron chi connectivity index (χ4n) is 0.830. The van der Waals surface area contributed by atoms with Gasteiger partial charge < -0.3 is 4.74 Å². The zero-order valence-electron chi connectivity index (χ0n) is 9.07. The lowest BCUT2D eigenvalue weighted by atomic mass is 10.1. The van der Waals surface area contributed by atoms with Crippen LogP contribution in [0.5, 0.6) is 0 Å². The Morgan fingerprint density at radius 2 is 1.53 bits per heavy atom. The molecule has 0 aromatic rings. The topological polar surface area (TPSA) is 26.3 Å². The molecule has 0 rings (SSSR count). The van der Waals surface area contributed by atoms with E-state index in [0.717, 1.165) is 0 Å². The van der Waals surface area contributed by atoms with Gasteiger partial charge in [0.1, 0.15) is 25.6 Å². The van der Waals surface area contributed by atoms with Crippen LogP contribution >= 0.6 is 0 Å². The Kier molecular flexibility index (Phi) is 5.39. The van der Waals surface area contributed by atoms with E-state index in [1.165, 1.54) is 0 Å². The number of carbonyl (C=O) groups excluding carboxylic acids is 1. The quantitative estimate of drug-likeness (QED) is 0.541. The summed E-state index contributed by atoms with van der Waals surface area (Å²) in [6, 6.07) is 0. The minimum absolute atomic E-state index is 0.494. The highest BCUT2D eigenvalue weighted by Gasteiger charge is 2.22. The van der Waals surface area contributed by atoms with Crippen molar-refractivity contribution in [1.82, 2.24) is 0 Å². The van der Waals surface area contributed by atoms with E-state index in [2.05, 4.69) is 0 Å². The number of hydrogen-bond acceptors (Lipinski definition) is 2. The van der Waals surface area contributed by atoms with Crippen molar-refractivity contribution < 1.29 is 22.7 Å². The maximum absolute atomic E-state index is 12.4. The van der Waals surface area contributed by atoms with Gasteiger partial charge in [0.15, 0.2) is 0 Å². The van der Waals surface area contributed by atoms with Crippen LogP contribution in [-0.2, 0) is 9.53 Å². The van der Waals surface area contributed by atoms with Crippen LogP contribution in [0.2, 0.25) is 0 Å². The fourth-order valence-corrected chi connectivity index (χ4v) is 0.830. The number of hydrogen-bond donors (Lipinski definition) is 0. The van der Waals surface area contributed by atoms with Gasteiger partial charge in [-0.3, -0.25) is 0 Å². The summed E-state index contributed by atoms with van der Waals surface area (Å²) in [5.74, 6) is -1.00.